The topological polar surface area (TPSA) is 83.7 Å². The molecule has 3 aromatic heterocycles. The molecule has 0 saturated carbocycles. The first-order chi connectivity index (χ1) is 25.6. The summed E-state index contributed by atoms with van der Waals surface area (Å²) < 4.78 is 6.05. The van der Waals surface area contributed by atoms with Crippen molar-refractivity contribution in [2.75, 3.05) is 0 Å². The van der Waals surface area contributed by atoms with E-state index in [9.17, 15) is 4.79 Å². The van der Waals surface area contributed by atoms with Gasteiger partial charge in [0.05, 0.1) is 33.6 Å². The Morgan fingerprint density at radius 3 is 1.56 bits per heavy atom. The van der Waals surface area contributed by atoms with Crippen LogP contribution in [-0.2, 0) is 4.79 Å². The predicted octanol–water partition coefficient (Wildman–Crippen LogP) is 10.8. The molecule has 2 aliphatic heterocycles. The third kappa shape index (κ3) is 5.82. The molecule has 52 heavy (non-hydrogen) atoms. The highest BCUT2D eigenvalue weighted by molar-refractivity contribution is 6.01. The Balaban J connectivity index is 1.43. The van der Waals surface area contributed by atoms with E-state index in [1.165, 1.54) is 6.92 Å². The summed E-state index contributed by atoms with van der Waals surface area (Å²) in [7, 11) is 0. The largest absolute Gasteiger partial charge is 0.424 e. The highest BCUT2D eigenvalue weighted by atomic mass is 16.5. The molecular weight excluding hydrogens is 641 g/mol. The van der Waals surface area contributed by atoms with Gasteiger partial charge in [0.1, 0.15) is 5.69 Å². The molecule has 5 heterocycles. The van der Waals surface area contributed by atoms with E-state index in [0.717, 1.165) is 83.7 Å². The van der Waals surface area contributed by atoms with Crippen LogP contribution in [0, 0.1) is 0 Å². The molecule has 0 radical (unpaired) electrons. The Hall–Kier alpha value is -7.05. The molecule has 0 fully saturated rings. The zero-order valence-corrected chi connectivity index (χ0v) is 28.3. The van der Waals surface area contributed by atoms with Gasteiger partial charge >= 0.3 is 5.97 Å². The average Bonchev–Trinajstić information content (AvgIpc) is 3.99. The van der Waals surface area contributed by atoms with E-state index in [-0.39, 0.29) is 0 Å². The molecule has 0 amide bonds. The summed E-state index contributed by atoms with van der Waals surface area (Å²) in [6.45, 7) is 1.42. The van der Waals surface area contributed by atoms with E-state index in [0.29, 0.717) is 11.4 Å². The summed E-state index contributed by atoms with van der Waals surface area (Å²) in [5.74, 6) is -0.0999. The van der Waals surface area contributed by atoms with Gasteiger partial charge in [-0.05, 0) is 58.7 Å². The van der Waals surface area contributed by atoms with Crippen LogP contribution < -0.4 is 4.74 Å². The van der Waals surface area contributed by atoms with Crippen molar-refractivity contribution in [2.45, 2.75) is 6.92 Å². The first kappa shape index (κ1) is 31.0. The molecule has 4 aromatic carbocycles. The van der Waals surface area contributed by atoms with Crippen LogP contribution in [0.3, 0.4) is 0 Å². The number of H-pyrrole nitrogens is 2. The third-order valence-electron chi connectivity index (χ3n) is 9.32. The molecule has 2 N–H and O–H groups in total. The fourth-order valence-electron chi connectivity index (χ4n) is 6.90. The van der Waals surface area contributed by atoms with Crippen molar-refractivity contribution < 1.29 is 9.53 Å². The van der Waals surface area contributed by atoms with E-state index in [2.05, 4.69) is 82.8 Å². The summed E-state index contributed by atoms with van der Waals surface area (Å²) in [4.78, 5) is 30.5. The zero-order chi connectivity index (χ0) is 35.0. The highest BCUT2D eigenvalue weighted by Crippen LogP contribution is 2.39. The Bertz CT molecular complexity index is 2710. The van der Waals surface area contributed by atoms with Gasteiger partial charge in [-0.1, -0.05) is 121 Å². The van der Waals surface area contributed by atoms with Crippen LogP contribution >= 0.6 is 0 Å². The fraction of sp³-hybridized carbons (Fsp3) is 0.0217. The smallest absolute Gasteiger partial charge is 0.308 e. The number of nitrogens with one attached hydrogen (secondary N) is 2. The van der Waals surface area contributed by atoms with Crippen molar-refractivity contribution in [1.82, 2.24) is 19.9 Å². The number of esters is 1. The molecule has 9 rings (SSSR count). The van der Waals surface area contributed by atoms with Crippen molar-refractivity contribution in [3.05, 3.63) is 186 Å². The second kappa shape index (κ2) is 13.0. The Morgan fingerprint density at radius 1 is 0.500 bits per heavy atom. The number of aromatic nitrogens is 4. The molecule has 6 nitrogen and oxygen atoms in total. The van der Waals surface area contributed by atoms with Gasteiger partial charge in [-0.25, -0.2) is 9.97 Å². The van der Waals surface area contributed by atoms with Crippen molar-refractivity contribution in [3.8, 4) is 28.0 Å². The van der Waals surface area contributed by atoms with E-state index in [1.54, 1.807) is 0 Å². The van der Waals surface area contributed by atoms with Crippen LogP contribution in [0.1, 0.15) is 40.8 Å². The molecule has 8 bridgehead atoms. The zero-order valence-electron chi connectivity index (χ0n) is 28.3. The summed E-state index contributed by atoms with van der Waals surface area (Å²) in [6.07, 6.45) is 4.19. The summed E-state index contributed by atoms with van der Waals surface area (Å²) in [5.41, 5.74) is 14.3. The fourth-order valence-corrected chi connectivity index (χ4v) is 6.90. The highest BCUT2D eigenvalue weighted by Gasteiger charge is 2.22. The average molecular weight is 673 g/mol. The second-order valence-corrected chi connectivity index (χ2v) is 12.8. The number of ether oxygens (including phenoxy) is 1. The van der Waals surface area contributed by atoms with Crippen molar-refractivity contribution in [1.29, 1.82) is 0 Å². The Labute approximate surface area is 300 Å². The summed E-state index contributed by atoms with van der Waals surface area (Å²) >= 11 is 0. The van der Waals surface area contributed by atoms with Crippen molar-refractivity contribution >= 4 is 51.3 Å². The van der Waals surface area contributed by atoms with E-state index < -0.39 is 5.97 Å². The second-order valence-electron chi connectivity index (χ2n) is 12.8. The molecular formula is C46H32N4O2. The molecule has 248 valence electrons. The number of carbonyl (C=O) groups excluding carboxylic acids is 1. The van der Waals surface area contributed by atoms with Gasteiger partial charge < -0.3 is 14.7 Å². The normalized spacial score (nSPS) is 12.2. The monoisotopic (exact) mass is 672 g/mol. The van der Waals surface area contributed by atoms with Crippen LogP contribution in [0.4, 0.5) is 0 Å². The number of aromatic amines is 2. The van der Waals surface area contributed by atoms with Crippen LogP contribution in [0.15, 0.2) is 152 Å². The van der Waals surface area contributed by atoms with Crippen LogP contribution in [0.5, 0.6) is 5.75 Å². The molecule has 0 spiro atoms. The van der Waals surface area contributed by atoms with Gasteiger partial charge in [-0.15, -0.1) is 0 Å². The van der Waals surface area contributed by atoms with Gasteiger partial charge in [0.15, 0.2) is 5.75 Å². The molecule has 2 aliphatic rings. The summed E-state index contributed by atoms with van der Waals surface area (Å²) in [6, 6.07) is 51.2. The van der Waals surface area contributed by atoms with Crippen LogP contribution in [0.25, 0.3) is 67.6 Å². The number of nitrogens with zero attached hydrogens (tertiary/aromatic N) is 2. The van der Waals surface area contributed by atoms with Gasteiger partial charge in [-0.2, -0.15) is 0 Å². The predicted molar refractivity (Wildman–Crippen MR) is 210 cm³/mol. The first-order valence-corrected chi connectivity index (χ1v) is 17.2. The molecule has 7 aromatic rings. The minimum atomic E-state index is -0.439. The molecule has 0 aliphatic carbocycles. The maximum Gasteiger partial charge on any atom is 0.308 e. The number of rotatable bonds is 5. The number of hydrogen-bond donors (Lipinski definition) is 2. The van der Waals surface area contributed by atoms with E-state index >= 15 is 0 Å². The lowest BCUT2D eigenvalue weighted by Gasteiger charge is -2.07. The maximum atomic E-state index is 12.8. The maximum absolute atomic E-state index is 12.8. The number of carbonyl (C=O) groups is 1. The van der Waals surface area contributed by atoms with Crippen LogP contribution in [-0.4, -0.2) is 25.9 Å². The molecule has 6 heteroatoms. The van der Waals surface area contributed by atoms with E-state index in [4.69, 9.17) is 14.7 Å². The van der Waals surface area contributed by atoms with Gasteiger partial charge in [0.2, 0.25) is 0 Å². The molecule has 0 atom stereocenters. The lowest BCUT2D eigenvalue weighted by Crippen LogP contribution is -2.03. The minimum Gasteiger partial charge on any atom is -0.424 e. The molecule has 0 unspecified atom stereocenters. The Morgan fingerprint density at radius 2 is 0.981 bits per heavy atom. The standard InChI is InChI=1S/C46H32N4O2/c1-29(51)52-45-28-40-36(32-18-10-4-11-19-32)26-42(49-40)41-24-34(30-14-6-2-7-15-30)38(47-41)22-23-39-35(31-16-8-3-9-17-31)25-43(48-39)44-27-37(46(45)50-44)33-20-12-5-13-21-33/h2-28,48-49H,1H3. The van der Waals surface area contributed by atoms with Crippen molar-refractivity contribution in [3.63, 3.8) is 0 Å². The van der Waals surface area contributed by atoms with E-state index in [1.807, 2.05) is 91.0 Å². The number of fused-ring (bicyclic) bond motifs is 10. The molecule has 0 saturated heterocycles. The SMILES string of the molecule is CC(=O)Oc1cc2[nH]c(cc2-c2ccccc2)c2nc(ccc3[nH]c(cc3-c3ccccc3)c3nc1C(c1ccccc1)=C3)C(c1ccccc1)=C2. The minimum absolute atomic E-state index is 0.339. The Kier molecular flexibility index (Phi) is 7.75. The first-order valence-electron chi connectivity index (χ1n) is 17.2. The summed E-state index contributed by atoms with van der Waals surface area (Å²) in [5, 5.41) is 0. The van der Waals surface area contributed by atoms with Crippen molar-refractivity contribution in [2.24, 2.45) is 0 Å². The lowest BCUT2D eigenvalue weighted by atomic mass is 10.0. The third-order valence-corrected chi connectivity index (χ3v) is 9.32. The lowest BCUT2D eigenvalue weighted by molar-refractivity contribution is -0.131. The van der Waals surface area contributed by atoms with Gasteiger partial charge in [0, 0.05) is 40.8 Å². The quantitative estimate of drug-likeness (QED) is 0.178. The number of benzene rings is 4. The number of hydrogen-bond acceptors (Lipinski definition) is 4. The van der Waals surface area contributed by atoms with Gasteiger partial charge in [-0.3, -0.25) is 4.79 Å². The van der Waals surface area contributed by atoms with Gasteiger partial charge in [0.25, 0.3) is 0 Å². The van der Waals surface area contributed by atoms with Crippen LogP contribution in [0.2, 0.25) is 0 Å².